The molecule has 34 heavy (non-hydrogen) atoms. The zero-order valence-corrected chi connectivity index (χ0v) is 20.1. The van der Waals surface area contributed by atoms with Crippen molar-refractivity contribution >= 4 is 35.1 Å². The van der Waals surface area contributed by atoms with Gasteiger partial charge in [0.05, 0.1) is 17.8 Å². The van der Waals surface area contributed by atoms with E-state index in [-0.39, 0.29) is 18.0 Å². The summed E-state index contributed by atoms with van der Waals surface area (Å²) in [6.07, 6.45) is 4.34. The minimum absolute atomic E-state index is 0.0383. The molecule has 0 aromatic heterocycles. The van der Waals surface area contributed by atoms with Crippen LogP contribution in [0.3, 0.4) is 0 Å². The first-order valence-corrected chi connectivity index (χ1v) is 12.7. The summed E-state index contributed by atoms with van der Waals surface area (Å²) >= 11 is 1.59. The standard InChI is InChI=1S/C28H29N3O2S/c1-19-11-13-21(14-12-19)29-28(33)30-22-15-16-26-24(17-22)31(18-20-7-3-2-4-8-20)27(32)23-9-5-6-10-25(23)34-26/h2-10,15-17,19,21H,11-14,18H2,1H3,(H2,29,30,33). The van der Waals surface area contributed by atoms with Gasteiger partial charge < -0.3 is 15.5 Å². The monoisotopic (exact) mass is 471 g/mol. The van der Waals surface area contributed by atoms with Crippen LogP contribution in [-0.2, 0) is 6.54 Å². The Balaban J connectivity index is 1.42. The lowest BCUT2D eigenvalue weighted by molar-refractivity contribution is 0.0982. The third-order valence-corrected chi connectivity index (χ3v) is 7.77. The molecule has 0 unspecified atom stereocenters. The lowest BCUT2D eigenvalue weighted by Gasteiger charge is -2.27. The van der Waals surface area contributed by atoms with Crippen LogP contribution in [0.1, 0.15) is 48.5 Å². The molecular formula is C28H29N3O2S. The zero-order chi connectivity index (χ0) is 23.5. The Morgan fingerprint density at radius 1 is 0.941 bits per heavy atom. The summed E-state index contributed by atoms with van der Waals surface area (Å²) in [4.78, 5) is 30.1. The van der Waals surface area contributed by atoms with Gasteiger partial charge >= 0.3 is 6.03 Å². The van der Waals surface area contributed by atoms with Crippen LogP contribution in [0.15, 0.2) is 82.6 Å². The molecule has 3 amide bonds. The average Bonchev–Trinajstić information content (AvgIpc) is 2.96. The third-order valence-electron chi connectivity index (χ3n) is 6.62. The molecule has 0 radical (unpaired) electrons. The van der Waals surface area contributed by atoms with Crippen molar-refractivity contribution in [1.82, 2.24) is 5.32 Å². The second kappa shape index (κ2) is 9.94. The van der Waals surface area contributed by atoms with Crippen molar-refractivity contribution < 1.29 is 9.59 Å². The maximum Gasteiger partial charge on any atom is 0.319 e. The molecule has 0 bridgehead atoms. The van der Waals surface area contributed by atoms with E-state index in [1.54, 1.807) is 11.8 Å². The van der Waals surface area contributed by atoms with E-state index in [1.807, 2.05) is 77.7 Å². The topological polar surface area (TPSA) is 61.4 Å². The van der Waals surface area contributed by atoms with Crippen molar-refractivity contribution in [3.05, 3.63) is 83.9 Å². The van der Waals surface area contributed by atoms with E-state index in [4.69, 9.17) is 0 Å². The number of nitrogens with zero attached hydrogens (tertiary/aromatic N) is 1. The molecule has 5 nitrogen and oxygen atoms in total. The third kappa shape index (κ3) is 4.97. The van der Waals surface area contributed by atoms with Crippen LogP contribution < -0.4 is 15.5 Å². The molecule has 1 aliphatic carbocycles. The number of carbonyl (C=O) groups excluding carboxylic acids is 2. The summed E-state index contributed by atoms with van der Waals surface area (Å²) in [6, 6.07) is 23.6. The molecule has 174 valence electrons. The Hall–Kier alpha value is -3.25. The van der Waals surface area contributed by atoms with Crippen LogP contribution in [0.2, 0.25) is 0 Å². The quantitative estimate of drug-likeness (QED) is 0.445. The maximum atomic E-state index is 13.6. The Kier molecular flexibility index (Phi) is 6.59. The first kappa shape index (κ1) is 22.5. The number of hydrogen-bond acceptors (Lipinski definition) is 3. The van der Waals surface area contributed by atoms with E-state index in [0.717, 1.165) is 52.6 Å². The second-order valence-corrected chi connectivity index (χ2v) is 10.3. The Bertz CT molecular complexity index is 1190. The highest BCUT2D eigenvalue weighted by molar-refractivity contribution is 7.99. The highest BCUT2D eigenvalue weighted by atomic mass is 32.2. The van der Waals surface area contributed by atoms with Gasteiger partial charge in [0.1, 0.15) is 0 Å². The van der Waals surface area contributed by atoms with Gasteiger partial charge in [-0.05, 0) is 67.5 Å². The summed E-state index contributed by atoms with van der Waals surface area (Å²) < 4.78 is 0. The van der Waals surface area contributed by atoms with Crippen LogP contribution in [-0.4, -0.2) is 18.0 Å². The summed E-state index contributed by atoms with van der Waals surface area (Å²) in [5, 5.41) is 6.11. The molecule has 3 aromatic carbocycles. The van der Waals surface area contributed by atoms with Gasteiger partial charge in [-0.2, -0.15) is 0 Å². The molecule has 0 atom stereocenters. The van der Waals surface area contributed by atoms with E-state index in [2.05, 4.69) is 17.6 Å². The van der Waals surface area contributed by atoms with E-state index >= 15 is 0 Å². The minimum atomic E-state index is -0.190. The highest BCUT2D eigenvalue weighted by Gasteiger charge is 2.28. The average molecular weight is 472 g/mol. The molecule has 6 heteroatoms. The van der Waals surface area contributed by atoms with Crippen molar-refractivity contribution in [3.8, 4) is 0 Å². The molecule has 3 aromatic rings. The molecule has 1 saturated carbocycles. The molecule has 1 fully saturated rings. The Morgan fingerprint density at radius 2 is 1.68 bits per heavy atom. The van der Waals surface area contributed by atoms with E-state index in [0.29, 0.717) is 17.8 Å². The molecule has 1 heterocycles. The second-order valence-electron chi connectivity index (χ2n) is 9.21. The van der Waals surface area contributed by atoms with Crippen molar-refractivity contribution in [1.29, 1.82) is 0 Å². The Labute approximate surface area is 204 Å². The number of benzene rings is 3. The summed E-state index contributed by atoms with van der Waals surface area (Å²) in [5.74, 6) is 0.698. The summed E-state index contributed by atoms with van der Waals surface area (Å²) in [5.41, 5.74) is 3.23. The lowest BCUT2D eigenvalue weighted by atomic mass is 9.87. The number of nitrogens with one attached hydrogen (secondary N) is 2. The predicted molar refractivity (Wildman–Crippen MR) is 138 cm³/mol. The number of amides is 3. The van der Waals surface area contributed by atoms with Gasteiger partial charge in [-0.25, -0.2) is 4.79 Å². The number of rotatable bonds is 4. The maximum absolute atomic E-state index is 13.6. The Morgan fingerprint density at radius 3 is 2.47 bits per heavy atom. The van der Waals surface area contributed by atoms with Crippen LogP contribution in [0.5, 0.6) is 0 Å². The van der Waals surface area contributed by atoms with E-state index in [9.17, 15) is 9.59 Å². The molecular weight excluding hydrogens is 442 g/mol. The van der Waals surface area contributed by atoms with Crippen molar-refractivity contribution in [2.24, 2.45) is 5.92 Å². The van der Waals surface area contributed by atoms with Gasteiger partial charge in [0.2, 0.25) is 0 Å². The predicted octanol–water partition coefficient (Wildman–Crippen LogP) is 6.70. The highest BCUT2D eigenvalue weighted by Crippen LogP contribution is 2.43. The largest absolute Gasteiger partial charge is 0.335 e. The SMILES string of the molecule is CC1CCC(NC(=O)Nc2ccc3c(c2)N(Cc2ccccc2)C(=O)c2ccccc2S3)CC1. The summed E-state index contributed by atoms with van der Waals surface area (Å²) in [7, 11) is 0. The smallest absolute Gasteiger partial charge is 0.319 e. The molecule has 5 rings (SSSR count). The lowest BCUT2D eigenvalue weighted by Crippen LogP contribution is -2.40. The van der Waals surface area contributed by atoms with Crippen LogP contribution in [0.25, 0.3) is 0 Å². The zero-order valence-electron chi connectivity index (χ0n) is 19.3. The number of anilines is 2. The fourth-order valence-electron chi connectivity index (χ4n) is 4.68. The molecule has 1 aliphatic heterocycles. The van der Waals surface area contributed by atoms with Gasteiger partial charge in [-0.3, -0.25) is 4.79 Å². The fourth-order valence-corrected chi connectivity index (χ4v) is 5.74. The first-order chi connectivity index (χ1) is 16.6. The number of hydrogen-bond donors (Lipinski definition) is 2. The minimum Gasteiger partial charge on any atom is -0.335 e. The molecule has 0 saturated heterocycles. The van der Waals surface area contributed by atoms with Gasteiger partial charge in [0, 0.05) is 21.5 Å². The van der Waals surface area contributed by atoms with E-state index < -0.39 is 0 Å². The normalized spacial score (nSPS) is 19.6. The summed E-state index contributed by atoms with van der Waals surface area (Å²) in [6.45, 7) is 2.72. The van der Waals surface area contributed by atoms with Gasteiger partial charge in [-0.15, -0.1) is 0 Å². The van der Waals surface area contributed by atoms with Crippen molar-refractivity contribution in [3.63, 3.8) is 0 Å². The van der Waals surface area contributed by atoms with Crippen LogP contribution in [0.4, 0.5) is 16.2 Å². The van der Waals surface area contributed by atoms with Gasteiger partial charge in [0.15, 0.2) is 0 Å². The van der Waals surface area contributed by atoms with Crippen LogP contribution in [0, 0.1) is 5.92 Å². The molecule has 0 spiro atoms. The number of carbonyl (C=O) groups is 2. The number of fused-ring (bicyclic) bond motifs is 2. The molecule has 2 N–H and O–H groups in total. The molecule has 2 aliphatic rings. The van der Waals surface area contributed by atoms with Crippen molar-refractivity contribution in [2.75, 3.05) is 10.2 Å². The first-order valence-electron chi connectivity index (χ1n) is 11.9. The van der Waals surface area contributed by atoms with Crippen molar-refractivity contribution in [2.45, 2.75) is 55.0 Å². The fraction of sp³-hybridized carbons (Fsp3) is 0.286. The van der Waals surface area contributed by atoms with E-state index in [1.165, 1.54) is 0 Å². The van der Waals surface area contributed by atoms with Crippen LogP contribution >= 0.6 is 11.8 Å². The van der Waals surface area contributed by atoms with Gasteiger partial charge in [-0.1, -0.05) is 61.2 Å². The van der Waals surface area contributed by atoms with Gasteiger partial charge in [0.25, 0.3) is 5.91 Å². The number of urea groups is 1.